The van der Waals surface area contributed by atoms with Gasteiger partial charge in [-0.3, -0.25) is 0 Å². The zero-order chi connectivity index (χ0) is 15.5. The molecule has 0 atom stereocenters. The summed E-state index contributed by atoms with van der Waals surface area (Å²) in [6.07, 6.45) is 1.29. The number of carbonyl (C=O) groups is 1. The Morgan fingerprint density at radius 3 is 2.91 bits per heavy atom. The lowest BCUT2D eigenvalue weighted by Gasteiger charge is -2.04. The summed E-state index contributed by atoms with van der Waals surface area (Å²) in [6, 6.07) is 6.35. The molecule has 0 radical (unpaired) electrons. The number of nitrogens with zero attached hydrogens (tertiary/aromatic N) is 5. The van der Waals surface area contributed by atoms with Crippen molar-refractivity contribution in [2.24, 2.45) is 0 Å². The molecule has 112 valence electrons. The van der Waals surface area contributed by atoms with E-state index in [1.165, 1.54) is 17.1 Å². The van der Waals surface area contributed by atoms with Crippen LogP contribution in [0.25, 0.3) is 11.2 Å². The first-order valence-electron chi connectivity index (χ1n) is 6.25. The molecule has 0 aliphatic heterocycles. The largest absolute Gasteiger partial charge is 0.549 e. The average molecular weight is 318 g/mol. The summed E-state index contributed by atoms with van der Waals surface area (Å²) in [4.78, 5) is 18.6. The summed E-state index contributed by atoms with van der Waals surface area (Å²) in [5, 5.41) is 18.8. The quantitative estimate of drug-likeness (QED) is 0.491. The molecule has 0 bridgehead atoms. The summed E-state index contributed by atoms with van der Waals surface area (Å²) in [5.74, 6) is -1.78. The van der Waals surface area contributed by atoms with Crippen LogP contribution in [0.5, 0.6) is 0 Å². The normalized spacial score (nSPS) is 11.0. The van der Waals surface area contributed by atoms with Crippen LogP contribution in [0.2, 0.25) is 0 Å². The van der Waals surface area contributed by atoms with Crippen LogP contribution in [0.3, 0.4) is 0 Å². The van der Waals surface area contributed by atoms with Gasteiger partial charge in [0, 0.05) is 11.3 Å². The first-order valence-corrected chi connectivity index (χ1v) is 7.24. The summed E-state index contributed by atoms with van der Waals surface area (Å²) in [6.45, 7) is 0.171. The number of halogens is 1. The van der Waals surface area contributed by atoms with Crippen LogP contribution in [0, 0.1) is 5.82 Å². The van der Waals surface area contributed by atoms with E-state index < -0.39 is 5.97 Å². The molecule has 3 rings (SSSR count). The zero-order valence-corrected chi connectivity index (χ0v) is 12.0. The summed E-state index contributed by atoms with van der Waals surface area (Å²) >= 11 is 0.978. The van der Waals surface area contributed by atoms with Crippen LogP contribution in [0.15, 0.2) is 35.6 Å². The Bertz CT molecular complexity index is 838. The molecule has 0 N–H and O–H groups in total. The number of rotatable bonds is 5. The van der Waals surface area contributed by atoms with Crippen molar-refractivity contribution in [2.45, 2.75) is 11.6 Å². The first kappa shape index (κ1) is 14.4. The fraction of sp³-hybridized carbons (Fsp3) is 0.154. The van der Waals surface area contributed by atoms with E-state index in [0.717, 1.165) is 11.8 Å². The highest BCUT2D eigenvalue weighted by Crippen LogP contribution is 2.22. The van der Waals surface area contributed by atoms with Gasteiger partial charge in [-0.25, -0.2) is 19.0 Å². The Hall–Kier alpha value is -2.55. The van der Waals surface area contributed by atoms with Crippen LogP contribution in [0.1, 0.15) is 5.56 Å². The zero-order valence-electron chi connectivity index (χ0n) is 11.1. The third-order valence-electron chi connectivity index (χ3n) is 2.87. The van der Waals surface area contributed by atoms with Gasteiger partial charge >= 0.3 is 0 Å². The van der Waals surface area contributed by atoms with Crippen molar-refractivity contribution in [3.63, 3.8) is 0 Å². The molecule has 3 aromatic rings. The molecular formula is C13H9FN5O2S-. The van der Waals surface area contributed by atoms with E-state index in [2.05, 4.69) is 20.3 Å². The minimum Gasteiger partial charge on any atom is -0.549 e. The van der Waals surface area contributed by atoms with Gasteiger partial charge in [0.25, 0.3) is 0 Å². The van der Waals surface area contributed by atoms with Crippen LogP contribution in [-0.2, 0) is 11.3 Å². The number of thioether (sulfide) groups is 1. The second-order valence-corrected chi connectivity index (χ2v) is 5.31. The van der Waals surface area contributed by atoms with Crippen molar-refractivity contribution in [2.75, 3.05) is 5.75 Å². The van der Waals surface area contributed by atoms with E-state index in [1.807, 2.05) is 0 Å². The third-order valence-corrected chi connectivity index (χ3v) is 3.82. The average Bonchev–Trinajstić information content (AvgIpc) is 2.91. The van der Waals surface area contributed by atoms with Gasteiger partial charge in [-0.05, 0) is 6.07 Å². The van der Waals surface area contributed by atoms with Crippen molar-refractivity contribution in [3.05, 3.63) is 42.0 Å². The lowest BCUT2D eigenvalue weighted by atomic mass is 10.2. The van der Waals surface area contributed by atoms with Crippen molar-refractivity contribution >= 4 is 28.9 Å². The standard InChI is InChI=1S/C13H10FN5O2S/c14-9-4-2-1-3-8(9)5-19-12-11(17-18-19)13(16-7-15-12)22-6-10(20)21/h1-4,7H,5-6H2,(H,20,21)/p-1. The Kier molecular flexibility index (Phi) is 3.96. The number of carboxylic acid groups (broad SMARTS) is 1. The summed E-state index contributed by atoms with van der Waals surface area (Å²) in [5.41, 5.74) is 1.25. The lowest BCUT2D eigenvalue weighted by molar-refractivity contribution is -0.301. The maximum atomic E-state index is 13.7. The van der Waals surface area contributed by atoms with Crippen LogP contribution >= 0.6 is 11.8 Å². The van der Waals surface area contributed by atoms with E-state index in [0.29, 0.717) is 21.8 Å². The number of carboxylic acids is 1. The Labute approximate surface area is 128 Å². The summed E-state index contributed by atoms with van der Waals surface area (Å²) < 4.78 is 15.1. The molecule has 22 heavy (non-hydrogen) atoms. The number of aliphatic carboxylic acids is 1. The first-order chi connectivity index (χ1) is 10.6. The Morgan fingerprint density at radius 2 is 2.14 bits per heavy atom. The second-order valence-electron chi connectivity index (χ2n) is 4.35. The SMILES string of the molecule is O=C([O-])CSc1ncnc2c1nnn2Cc1ccccc1F. The Morgan fingerprint density at radius 1 is 1.32 bits per heavy atom. The van der Waals surface area contributed by atoms with Crippen molar-refractivity contribution in [3.8, 4) is 0 Å². The molecule has 0 fully saturated rings. The molecule has 0 unspecified atom stereocenters. The molecule has 7 nitrogen and oxygen atoms in total. The minimum absolute atomic E-state index is 0.171. The summed E-state index contributed by atoms with van der Waals surface area (Å²) in [7, 11) is 0. The molecule has 0 saturated heterocycles. The lowest BCUT2D eigenvalue weighted by Crippen LogP contribution is -2.24. The molecule has 9 heteroatoms. The Balaban J connectivity index is 1.94. The topological polar surface area (TPSA) is 96.6 Å². The van der Waals surface area contributed by atoms with Crippen LogP contribution in [0.4, 0.5) is 4.39 Å². The second kappa shape index (κ2) is 6.06. The van der Waals surface area contributed by atoms with Gasteiger partial charge in [0.15, 0.2) is 11.2 Å². The van der Waals surface area contributed by atoms with Gasteiger partial charge in [0.1, 0.15) is 17.2 Å². The highest BCUT2D eigenvalue weighted by molar-refractivity contribution is 8.00. The highest BCUT2D eigenvalue weighted by atomic mass is 32.2. The molecular weight excluding hydrogens is 309 g/mol. The van der Waals surface area contributed by atoms with E-state index in [4.69, 9.17) is 0 Å². The van der Waals surface area contributed by atoms with Crippen LogP contribution < -0.4 is 5.11 Å². The monoisotopic (exact) mass is 318 g/mol. The highest BCUT2D eigenvalue weighted by Gasteiger charge is 2.13. The number of hydrogen-bond donors (Lipinski definition) is 0. The van der Waals surface area contributed by atoms with Gasteiger partial charge in [-0.15, -0.1) is 5.10 Å². The third kappa shape index (κ3) is 2.89. The van der Waals surface area contributed by atoms with E-state index in [-0.39, 0.29) is 18.1 Å². The molecule has 0 spiro atoms. The minimum atomic E-state index is -1.20. The predicted molar refractivity (Wildman–Crippen MR) is 74.4 cm³/mol. The predicted octanol–water partition coefficient (Wildman–Crippen LogP) is 0.251. The van der Waals surface area contributed by atoms with E-state index in [9.17, 15) is 14.3 Å². The van der Waals surface area contributed by atoms with Gasteiger partial charge in [0.05, 0.1) is 12.5 Å². The number of carbonyl (C=O) groups excluding carboxylic acids is 1. The van der Waals surface area contributed by atoms with E-state index >= 15 is 0 Å². The number of aromatic nitrogens is 5. The molecule has 1 aromatic carbocycles. The number of hydrogen-bond acceptors (Lipinski definition) is 7. The molecule has 0 amide bonds. The van der Waals surface area contributed by atoms with Crippen molar-refractivity contribution in [1.29, 1.82) is 0 Å². The fourth-order valence-electron chi connectivity index (χ4n) is 1.90. The van der Waals surface area contributed by atoms with Crippen LogP contribution in [-0.4, -0.2) is 36.7 Å². The van der Waals surface area contributed by atoms with Crippen molar-refractivity contribution in [1.82, 2.24) is 25.0 Å². The molecule has 2 heterocycles. The van der Waals surface area contributed by atoms with Gasteiger partial charge < -0.3 is 9.90 Å². The molecule has 0 aliphatic rings. The van der Waals surface area contributed by atoms with Gasteiger partial charge in [-0.1, -0.05) is 35.2 Å². The maximum Gasteiger partial charge on any atom is 0.183 e. The molecule has 0 aliphatic carbocycles. The van der Waals surface area contributed by atoms with Gasteiger partial charge in [0.2, 0.25) is 0 Å². The maximum absolute atomic E-state index is 13.7. The molecule has 0 saturated carbocycles. The number of benzene rings is 1. The van der Waals surface area contributed by atoms with Gasteiger partial charge in [-0.2, -0.15) is 0 Å². The molecule has 2 aromatic heterocycles. The van der Waals surface area contributed by atoms with E-state index in [1.54, 1.807) is 18.2 Å². The fourth-order valence-corrected chi connectivity index (χ4v) is 2.54. The van der Waals surface area contributed by atoms with Crippen molar-refractivity contribution < 1.29 is 14.3 Å². The smallest absolute Gasteiger partial charge is 0.183 e. The number of fused-ring (bicyclic) bond motifs is 1.